The Morgan fingerprint density at radius 2 is 1.86 bits per heavy atom. The van der Waals surface area contributed by atoms with Crippen LogP contribution in [0.1, 0.15) is 0 Å². The van der Waals surface area contributed by atoms with Crippen LogP contribution in [0.2, 0.25) is 0 Å². The fourth-order valence-corrected chi connectivity index (χ4v) is 2.26. The number of allylic oxidation sites excluding steroid dienone is 7. The van der Waals surface area contributed by atoms with Crippen LogP contribution in [0.25, 0.3) is 0 Å². The standard InChI is InChI=1S/C13H11N/c1-2-8-13-10-14-9-7-12(13)6-3-5-11(13)4-1/h1-9H,10H2. The third kappa shape index (κ3) is 0.869. The van der Waals surface area contributed by atoms with Gasteiger partial charge >= 0.3 is 0 Å². The lowest BCUT2D eigenvalue weighted by atomic mass is 9.68. The van der Waals surface area contributed by atoms with Gasteiger partial charge in [0.05, 0.1) is 12.0 Å². The minimum Gasteiger partial charge on any atom is -0.292 e. The molecule has 2 aliphatic carbocycles. The second-order valence-corrected chi connectivity index (χ2v) is 3.78. The van der Waals surface area contributed by atoms with Gasteiger partial charge in [-0.2, -0.15) is 0 Å². The van der Waals surface area contributed by atoms with E-state index in [1.165, 1.54) is 11.1 Å². The summed E-state index contributed by atoms with van der Waals surface area (Å²) in [6.07, 6.45) is 19.1. The van der Waals surface area contributed by atoms with Gasteiger partial charge in [0.2, 0.25) is 0 Å². The molecule has 0 saturated carbocycles. The molecular formula is C13H11N. The number of hydrogen-bond donors (Lipinski definition) is 0. The van der Waals surface area contributed by atoms with Crippen molar-refractivity contribution in [3.63, 3.8) is 0 Å². The zero-order valence-electron chi connectivity index (χ0n) is 7.85. The van der Waals surface area contributed by atoms with Gasteiger partial charge in [-0.25, -0.2) is 0 Å². The van der Waals surface area contributed by atoms with Gasteiger partial charge in [0.25, 0.3) is 0 Å². The zero-order valence-corrected chi connectivity index (χ0v) is 7.85. The van der Waals surface area contributed by atoms with E-state index in [0.29, 0.717) is 0 Å². The molecule has 0 aromatic heterocycles. The molecule has 1 atom stereocenters. The second-order valence-electron chi connectivity index (χ2n) is 3.78. The quantitative estimate of drug-likeness (QED) is 0.544. The summed E-state index contributed by atoms with van der Waals surface area (Å²) < 4.78 is 0. The Bertz CT molecular complexity index is 434. The molecule has 1 spiro atoms. The van der Waals surface area contributed by atoms with E-state index in [9.17, 15) is 0 Å². The van der Waals surface area contributed by atoms with Gasteiger partial charge in [-0.15, -0.1) is 0 Å². The van der Waals surface area contributed by atoms with E-state index in [-0.39, 0.29) is 5.41 Å². The molecule has 1 heteroatoms. The molecule has 1 heterocycles. The van der Waals surface area contributed by atoms with Gasteiger partial charge in [0.1, 0.15) is 0 Å². The molecule has 1 unspecified atom stereocenters. The first-order valence-corrected chi connectivity index (χ1v) is 4.87. The summed E-state index contributed by atoms with van der Waals surface area (Å²) >= 11 is 0. The Balaban J connectivity index is 2.22. The molecule has 0 N–H and O–H groups in total. The normalized spacial score (nSPS) is 32.0. The first-order valence-electron chi connectivity index (χ1n) is 4.87. The first-order chi connectivity index (χ1) is 6.92. The van der Waals surface area contributed by atoms with Crippen molar-refractivity contribution < 1.29 is 0 Å². The summed E-state index contributed by atoms with van der Waals surface area (Å²) in [7, 11) is 0. The van der Waals surface area contributed by atoms with E-state index in [1.54, 1.807) is 0 Å². The van der Waals surface area contributed by atoms with Gasteiger partial charge in [-0.05, 0) is 17.2 Å². The molecule has 68 valence electrons. The summed E-state index contributed by atoms with van der Waals surface area (Å²) in [4.78, 5) is 4.38. The molecule has 0 aromatic rings. The molecule has 0 aromatic carbocycles. The van der Waals surface area contributed by atoms with Gasteiger partial charge in [-0.3, -0.25) is 4.99 Å². The van der Waals surface area contributed by atoms with Gasteiger partial charge < -0.3 is 0 Å². The maximum atomic E-state index is 4.38. The number of hydrogen-bond acceptors (Lipinski definition) is 1. The van der Waals surface area contributed by atoms with Crippen molar-refractivity contribution in [3.8, 4) is 0 Å². The maximum Gasteiger partial charge on any atom is 0.0580 e. The molecule has 0 radical (unpaired) electrons. The fraction of sp³-hybridized carbons (Fsp3) is 0.154. The Morgan fingerprint density at radius 1 is 1.00 bits per heavy atom. The molecule has 0 saturated heterocycles. The zero-order chi connectivity index (χ0) is 9.43. The summed E-state index contributed by atoms with van der Waals surface area (Å²) in [5.41, 5.74) is 2.74. The van der Waals surface area contributed by atoms with E-state index in [4.69, 9.17) is 0 Å². The van der Waals surface area contributed by atoms with E-state index < -0.39 is 0 Å². The van der Waals surface area contributed by atoms with Crippen LogP contribution < -0.4 is 0 Å². The summed E-state index contributed by atoms with van der Waals surface area (Å²) in [5, 5.41) is 0. The van der Waals surface area contributed by atoms with E-state index in [0.717, 1.165) is 6.54 Å². The van der Waals surface area contributed by atoms with Crippen LogP contribution in [0.15, 0.2) is 64.7 Å². The lowest BCUT2D eigenvalue weighted by Crippen LogP contribution is -2.30. The minimum atomic E-state index is 0.0399. The van der Waals surface area contributed by atoms with E-state index >= 15 is 0 Å². The van der Waals surface area contributed by atoms with Crippen LogP contribution in [0.3, 0.4) is 0 Å². The average Bonchev–Trinajstić information content (AvgIpc) is 2.26. The molecule has 3 rings (SSSR count). The largest absolute Gasteiger partial charge is 0.292 e. The number of rotatable bonds is 0. The van der Waals surface area contributed by atoms with Crippen LogP contribution in [-0.4, -0.2) is 12.8 Å². The number of dihydropyridines is 1. The highest BCUT2D eigenvalue weighted by atomic mass is 14.8. The van der Waals surface area contributed by atoms with Crippen LogP contribution in [-0.2, 0) is 0 Å². The maximum absolute atomic E-state index is 4.38. The summed E-state index contributed by atoms with van der Waals surface area (Å²) in [6.45, 7) is 0.843. The van der Waals surface area contributed by atoms with E-state index in [1.807, 2.05) is 6.21 Å². The third-order valence-corrected chi connectivity index (χ3v) is 3.05. The van der Waals surface area contributed by atoms with Gasteiger partial charge in [0.15, 0.2) is 0 Å². The summed E-state index contributed by atoms with van der Waals surface area (Å²) in [5.74, 6) is 0. The molecular weight excluding hydrogens is 170 g/mol. The van der Waals surface area contributed by atoms with Crippen LogP contribution >= 0.6 is 0 Å². The van der Waals surface area contributed by atoms with Crippen molar-refractivity contribution in [2.24, 2.45) is 10.4 Å². The Morgan fingerprint density at radius 3 is 2.86 bits per heavy atom. The lowest BCUT2D eigenvalue weighted by molar-refractivity contribution is 0.577. The van der Waals surface area contributed by atoms with Crippen LogP contribution in [0, 0.1) is 5.41 Å². The SMILES string of the molecule is C1=CC2=CC=CC3=CC=NCC23C=C1. The smallest absolute Gasteiger partial charge is 0.0580 e. The van der Waals surface area contributed by atoms with Crippen molar-refractivity contribution in [2.45, 2.75) is 0 Å². The van der Waals surface area contributed by atoms with Gasteiger partial charge in [0, 0.05) is 6.21 Å². The topological polar surface area (TPSA) is 12.4 Å². The molecule has 1 aliphatic heterocycles. The molecule has 1 nitrogen and oxygen atoms in total. The minimum absolute atomic E-state index is 0.0399. The predicted octanol–water partition coefficient (Wildman–Crippen LogP) is 2.61. The Labute approximate surface area is 83.5 Å². The van der Waals surface area contributed by atoms with Gasteiger partial charge in [-0.1, -0.05) is 42.5 Å². The second kappa shape index (κ2) is 2.68. The van der Waals surface area contributed by atoms with Crippen molar-refractivity contribution in [2.75, 3.05) is 6.54 Å². The Hall–Kier alpha value is -1.63. The predicted molar refractivity (Wildman–Crippen MR) is 59.4 cm³/mol. The summed E-state index contributed by atoms with van der Waals surface area (Å²) in [6, 6.07) is 0. The average molecular weight is 181 g/mol. The highest BCUT2D eigenvalue weighted by Crippen LogP contribution is 2.44. The van der Waals surface area contributed by atoms with Crippen molar-refractivity contribution in [1.82, 2.24) is 0 Å². The molecule has 0 fully saturated rings. The highest BCUT2D eigenvalue weighted by Gasteiger charge is 2.36. The van der Waals surface area contributed by atoms with Crippen LogP contribution in [0.4, 0.5) is 0 Å². The molecule has 0 bridgehead atoms. The molecule has 14 heavy (non-hydrogen) atoms. The number of nitrogens with zero attached hydrogens (tertiary/aromatic N) is 1. The highest BCUT2D eigenvalue weighted by molar-refractivity contribution is 5.77. The lowest BCUT2D eigenvalue weighted by Gasteiger charge is -2.37. The van der Waals surface area contributed by atoms with Crippen LogP contribution in [0.5, 0.6) is 0 Å². The first kappa shape index (κ1) is 7.74. The van der Waals surface area contributed by atoms with E-state index in [2.05, 4.69) is 53.6 Å². The fourth-order valence-electron chi connectivity index (χ4n) is 2.26. The van der Waals surface area contributed by atoms with Crippen molar-refractivity contribution >= 4 is 6.21 Å². The number of aliphatic imine (C=N–C) groups is 1. The molecule has 0 amide bonds. The van der Waals surface area contributed by atoms with Crippen molar-refractivity contribution in [1.29, 1.82) is 0 Å². The monoisotopic (exact) mass is 181 g/mol. The third-order valence-electron chi connectivity index (χ3n) is 3.05. The van der Waals surface area contributed by atoms with Crippen molar-refractivity contribution in [3.05, 3.63) is 59.8 Å². The molecule has 3 aliphatic rings. The Kier molecular flexibility index (Phi) is 1.48.